The van der Waals surface area contributed by atoms with Crippen molar-refractivity contribution in [1.82, 2.24) is 9.55 Å². The van der Waals surface area contributed by atoms with E-state index in [1.54, 1.807) is 6.20 Å². The zero-order valence-corrected chi connectivity index (χ0v) is 6.12. The van der Waals surface area contributed by atoms with Crippen LogP contribution in [0.2, 0.25) is 0 Å². The molecule has 1 heterocycles. The first kappa shape index (κ1) is 7.28. The van der Waals surface area contributed by atoms with Crippen LogP contribution in [-0.2, 0) is 6.54 Å². The molecule has 0 fully saturated rings. The molecule has 1 aromatic rings. The summed E-state index contributed by atoms with van der Waals surface area (Å²) in [5.74, 6) is 1.03. The minimum atomic E-state index is 0.623. The van der Waals surface area contributed by atoms with Gasteiger partial charge in [-0.3, -0.25) is 0 Å². The predicted octanol–water partition coefficient (Wildman–Crippen LogP) is 0.355. The average molecular weight is 138 g/mol. The van der Waals surface area contributed by atoms with Crippen molar-refractivity contribution in [2.75, 3.05) is 6.54 Å². The largest absolute Gasteiger partial charge is 0.335 e. The minimum absolute atomic E-state index is 0.623. The fraction of sp³-hybridized carbons (Fsp3) is 0.429. The van der Waals surface area contributed by atoms with Crippen LogP contribution in [0.25, 0.3) is 0 Å². The fourth-order valence-corrected chi connectivity index (χ4v) is 0.810. The summed E-state index contributed by atoms with van der Waals surface area (Å²) in [5.41, 5.74) is 5.31. The van der Waals surface area contributed by atoms with Gasteiger partial charge in [0, 0.05) is 18.9 Å². The standard InChI is InChI=1S/C7H12N3/c1-7-9-4-6-10(7)5-2-3-8/h2,4,6H,3,5,8H2,1H3. The van der Waals surface area contributed by atoms with E-state index in [2.05, 4.69) is 4.98 Å². The Hall–Kier alpha value is -0.830. The third-order valence-corrected chi connectivity index (χ3v) is 1.42. The molecule has 10 heavy (non-hydrogen) atoms. The lowest BCUT2D eigenvalue weighted by atomic mass is 10.4. The summed E-state index contributed by atoms with van der Waals surface area (Å²) >= 11 is 0. The number of nitrogens with zero attached hydrogens (tertiary/aromatic N) is 2. The molecule has 0 aliphatic heterocycles. The number of rotatable bonds is 3. The lowest BCUT2D eigenvalue weighted by Crippen LogP contribution is -2.06. The van der Waals surface area contributed by atoms with Crippen molar-refractivity contribution < 1.29 is 0 Å². The van der Waals surface area contributed by atoms with Gasteiger partial charge in [-0.25, -0.2) is 4.98 Å². The zero-order chi connectivity index (χ0) is 7.40. The van der Waals surface area contributed by atoms with Gasteiger partial charge in [-0.2, -0.15) is 0 Å². The lowest BCUT2D eigenvalue weighted by Gasteiger charge is -2.00. The van der Waals surface area contributed by atoms with Crippen LogP contribution in [-0.4, -0.2) is 16.1 Å². The Bertz CT molecular complexity index is 192. The first-order chi connectivity index (χ1) is 4.84. The van der Waals surface area contributed by atoms with Gasteiger partial charge in [-0.1, -0.05) is 0 Å². The molecule has 0 spiro atoms. The van der Waals surface area contributed by atoms with Crippen LogP contribution < -0.4 is 5.73 Å². The zero-order valence-electron chi connectivity index (χ0n) is 6.12. The second-order valence-electron chi connectivity index (χ2n) is 2.15. The van der Waals surface area contributed by atoms with E-state index in [0.717, 1.165) is 12.4 Å². The Morgan fingerprint density at radius 2 is 2.60 bits per heavy atom. The van der Waals surface area contributed by atoms with Crippen LogP contribution in [0.4, 0.5) is 0 Å². The normalized spacial score (nSPS) is 10.2. The van der Waals surface area contributed by atoms with E-state index in [1.807, 2.05) is 24.1 Å². The van der Waals surface area contributed by atoms with Crippen LogP contribution in [0, 0.1) is 13.3 Å². The molecule has 55 valence electrons. The fourth-order valence-electron chi connectivity index (χ4n) is 0.810. The van der Waals surface area contributed by atoms with Gasteiger partial charge in [0.2, 0.25) is 0 Å². The third kappa shape index (κ3) is 1.57. The molecule has 0 bridgehead atoms. The van der Waals surface area contributed by atoms with Crippen molar-refractivity contribution in [3.05, 3.63) is 24.6 Å². The molecular weight excluding hydrogens is 126 g/mol. The van der Waals surface area contributed by atoms with Gasteiger partial charge < -0.3 is 10.3 Å². The van der Waals surface area contributed by atoms with Crippen molar-refractivity contribution >= 4 is 0 Å². The van der Waals surface area contributed by atoms with E-state index in [-0.39, 0.29) is 0 Å². The van der Waals surface area contributed by atoms with E-state index in [9.17, 15) is 0 Å². The number of hydrogen-bond donors (Lipinski definition) is 1. The smallest absolute Gasteiger partial charge is 0.105 e. The number of aromatic nitrogens is 2. The maximum absolute atomic E-state index is 5.31. The van der Waals surface area contributed by atoms with Crippen LogP contribution in [0.1, 0.15) is 5.82 Å². The van der Waals surface area contributed by atoms with E-state index >= 15 is 0 Å². The van der Waals surface area contributed by atoms with Gasteiger partial charge in [-0.05, 0) is 19.9 Å². The summed E-state index contributed by atoms with van der Waals surface area (Å²) in [7, 11) is 0. The van der Waals surface area contributed by atoms with Crippen LogP contribution in [0.5, 0.6) is 0 Å². The highest BCUT2D eigenvalue weighted by atomic mass is 15.0. The second-order valence-corrected chi connectivity index (χ2v) is 2.15. The Morgan fingerprint density at radius 1 is 1.80 bits per heavy atom. The molecule has 3 nitrogen and oxygen atoms in total. The summed E-state index contributed by atoms with van der Waals surface area (Å²) in [5, 5.41) is 0. The summed E-state index contributed by atoms with van der Waals surface area (Å²) < 4.78 is 2.05. The molecule has 3 heteroatoms. The van der Waals surface area contributed by atoms with Crippen molar-refractivity contribution in [3.63, 3.8) is 0 Å². The Labute approximate surface area is 60.9 Å². The van der Waals surface area contributed by atoms with Crippen LogP contribution >= 0.6 is 0 Å². The maximum Gasteiger partial charge on any atom is 0.105 e. The second kappa shape index (κ2) is 3.37. The van der Waals surface area contributed by atoms with Crippen molar-refractivity contribution in [2.45, 2.75) is 13.5 Å². The molecule has 0 aromatic carbocycles. The van der Waals surface area contributed by atoms with Crippen molar-refractivity contribution in [1.29, 1.82) is 0 Å². The molecule has 1 rings (SSSR count). The lowest BCUT2D eigenvalue weighted by molar-refractivity contribution is 0.731. The molecule has 0 saturated heterocycles. The number of nitrogens with two attached hydrogens (primary N) is 1. The van der Waals surface area contributed by atoms with E-state index < -0.39 is 0 Å². The third-order valence-electron chi connectivity index (χ3n) is 1.42. The molecule has 0 aliphatic carbocycles. The average Bonchev–Trinajstić information content (AvgIpc) is 2.31. The quantitative estimate of drug-likeness (QED) is 0.655. The molecule has 0 aliphatic rings. The van der Waals surface area contributed by atoms with Crippen LogP contribution in [0.3, 0.4) is 0 Å². The van der Waals surface area contributed by atoms with Gasteiger partial charge in [0.1, 0.15) is 5.82 Å². The molecule has 1 aromatic heterocycles. The number of aryl methyl sites for hydroxylation is 1. The van der Waals surface area contributed by atoms with Crippen molar-refractivity contribution in [2.24, 2.45) is 5.73 Å². The maximum atomic E-state index is 5.31. The topological polar surface area (TPSA) is 43.8 Å². The number of imidazole rings is 1. The molecule has 0 saturated carbocycles. The minimum Gasteiger partial charge on any atom is -0.335 e. The summed E-state index contributed by atoms with van der Waals surface area (Å²) in [6.45, 7) is 3.46. The molecule has 1 radical (unpaired) electrons. The van der Waals surface area contributed by atoms with Gasteiger partial charge in [0.05, 0.1) is 0 Å². The Morgan fingerprint density at radius 3 is 3.10 bits per heavy atom. The number of hydrogen-bond acceptors (Lipinski definition) is 2. The van der Waals surface area contributed by atoms with Gasteiger partial charge in [0.15, 0.2) is 0 Å². The molecule has 0 amide bonds. The summed E-state index contributed by atoms with van der Waals surface area (Å²) in [4.78, 5) is 4.07. The summed E-state index contributed by atoms with van der Waals surface area (Å²) in [6.07, 6.45) is 5.75. The first-order valence-corrected chi connectivity index (χ1v) is 3.34. The van der Waals surface area contributed by atoms with E-state index in [0.29, 0.717) is 6.54 Å². The molecule has 0 atom stereocenters. The van der Waals surface area contributed by atoms with Gasteiger partial charge >= 0.3 is 0 Å². The molecule has 0 unspecified atom stereocenters. The highest BCUT2D eigenvalue weighted by molar-refractivity contribution is 4.90. The van der Waals surface area contributed by atoms with Crippen LogP contribution in [0.15, 0.2) is 12.4 Å². The summed E-state index contributed by atoms with van der Waals surface area (Å²) in [6, 6.07) is 0. The Balaban J connectivity index is 2.49. The molecule has 2 N–H and O–H groups in total. The van der Waals surface area contributed by atoms with Gasteiger partial charge in [-0.15, -0.1) is 0 Å². The van der Waals surface area contributed by atoms with Crippen molar-refractivity contribution in [3.8, 4) is 0 Å². The Kier molecular flexibility index (Phi) is 2.45. The molecular formula is C7H12N3. The monoisotopic (exact) mass is 138 g/mol. The predicted molar refractivity (Wildman–Crippen MR) is 40.3 cm³/mol. The SMILES string of the molecule is Cc1nccn1C[CH]CN. The highest BCUT2D eigenvalue weighted by Gasteiger charge is 1.93. The van der Waals surface area contributed by atoms with E-state index in [1.165, 1.54) is 0 Å². The van der Waals surface area contributed by atoms with Gasteiger partial charge in [0.25, 0.3) is 0 Å². The van der Waals surface area contributed by atoms with E-state index in [4.69, 9.17) is 5.73 Å². The first-order valence-electron chi connectivity index (χ1n) is 3.34. The highest BCUT2D eigenvalue weighted by Crippen LogP contribution is 1.94.